The molecule has 0 saturated heterocycles. The molecular formula is C14H13BrN2O3. The van der Waals surface area contributed by atoms with Crippen molar-refractivity contribution in [3.8, 4) is 0 Å². The molecule has 20 heavy (non-hydrogen) atoms. The molecule has 0 unspecified atom stereocenters. The van der Waals surface area contributed by atoms with E-state index in [0.29, 0.717) is 24.9 Å². The predicted octanol–water partition coefficient (Wildman–Crippen LogP) is 1.96. The molecule has 1 heterocycles. The van der Waals surface area contributed by atoms with Crippen molar-refractivity contribution < 1.29 is 4.79 Å². The molecule has 0 amide bonds. The van der Waals surface area contributed by atoms with Gasteiger partial charge in [-0.2, -0.15) is 0 Å². The van der Waals surface area contributed by atoms with Crippen LogP contribution in [0.3, 0.4) is 0 Å². The first-order chi connectivity index (χ1) is 9.56. The van der Waals surface area contributed by atoms with E-state index in [4.69, 9.17) is 0 Å². The van der Waals surface area contributed by atoms with E-state index in [0.717, 1.165) is 4.47 Å². The summed E-state index contributed by atoms with van der Waals surface area (Å²) in [5.74, 6) is 0.0174. The van der Waals surface area contributed by atoms with E-state index in [2.05, 4.69) is 21.0 Å². The quantitative estimate of drug-likeness (QED) is 0.848. The molecule has 0 saturated carbocycles. The Balaban J connectivity index is 1.94. The first-order valence-electron chi connectivity index (χ1n) is 6.15. The fourth-order valence-corrected chi connectivity index (χ4v) is 2.07. The second-order valence-corrected chi connectivity index (χ2v) is 5.25. The zero-order valence-electron chi connectivity index (χ0n) is 10.6. The van der Waals surface area contributed by atoms with E-state index >= 15 is 0 Å². The van der Waals surface area contributed by atoms with E-state index < -0.39 is 0 Å². The number of nitrogens with zero attached hydrogens (tertiary/aromatic N) is 1. The smallest absolute Gasteiger partial charge is 0.265 e. The minimum atomic E-state index is -0.330. The molecule has 0 radical (unpaired) electrons. The predicted molar refractivity (Wildman–Crippen MR) is 79.0 cm³/mol. The van der Waals surface area contributed by atoms with Crippen LogP contribution in [0.15, 0.2) is 50.5 Å². The number of carbonyl (C=O) groups excluding carboxylic acids is 1. The minimum Gasteiger partial charge on any atom is -0.294 e. The number of aromatic amines is 1. The van der Waals surface area contributed by atoms with Gasteiger partial charge in [0.25, 0.3) is 11.1 Å². The molecule has 104 valence electrons. The summed E-state index contributed by atoms with van der Waals surface area (Å²) >= 11 is 3.31. The molecule has 0 atom stereocenters. The topological polar surface area (TPSA) is 71.9 Å². The summed E-state index contributed by atoms with van der Waals surface area (Å²) in [6.45, 7) is 0.317. The number of hydrogen-bond acceptors (Lipinski definition) is 3. The van der Waals surface area contributed by atoms with Crippen molar-refractivity contribution in [2.24, 2.45) is 0 Å². The van der Waals surface area contributed by atoms with Gasteiger partial charge in [0.15, 0.2) is 5.78 Å². The van der Waals surface area contributed by atoms with Gasteiger partial charge in [-0.3, -0.25) is 24.2 Å². The number of benzene rings is 1. The van der Waals surface area contributed by atoms with Crippen LogP contribution in [0.25, 0.3) is 0 Å². The van der Waals surface area contributed by atoms with E-state index in [1.807, 2.05) is 12.1 Å². The summed E-state index contributed by atoms with van der Waals surface area (Å²) in [7, 11) is 0. The van der Waals surface area contributed by atoms with Gasteiger partial charge in [-0.15, -0.1) is 0 Å². The Hall–Kier alpha value is -1.95. The number of hydrogen-bond donors (Lipinski definition) is 1. The summed E-state index contributed by atoms with van der Waals surface area (Å²) in [6.07, 6.45) is 0.819. The average Bonchev–Trinajstić information content (AvgIpc) is 2.43. The molecular weight excluding hydrogens is 324 g/mol. The van der Waals surface area contributed by atoms with Crippen LogP contribution in [-0.2, 0) is 6.54 Å². The van der Waals surface area contributed by atoms with Crippen molar-refractivity contribution in [2.75, 3.05) is 0 Å². The van der Waals surface area contributed by atoms with Gasteiger partial charge in [-0.05, 0) is 18.6 Å². The number of nitrogens with one attached hydrogen (secondary N) is 1. The second kappa shape index (κ2) is 6.47. The number of carbonyl (C=O) groups is 1. The second-order valence-electron chi connectivity index (χ2n) is 4.33. The van der Waals surface area contributed by atoms with Gasteiger partial charge in [-0.25, -0.2) is 0 Å². The van der Waals surface area contributed by atoms with Crippen LogP contribution >= 0.6 is 15.9 Å². The lowest BCUT2D eigenvalue weighted by molar-refractivity contribution is 0.0978. The minimum absolute atomic E-state index is 0.0174. The molecule has 0 bridgehead atoms. The Bertz CT molecular complexity index is 716. The molecule has 6 heteroatoms. The van der Waals surface area contributed by atoms with Crippen LogP contribution in [0.1, 0.15) is 23.2 Å². The molecule has 0 fully saturated rings. The largest absolute Gasteiger partial charge is 0.294 e. The van der Waals surface area contributed by atoms with E-state index in [1.165, 1.54) is 16.8 Å². The van der Waals surface area contributed by atoms with Crippen LogP contribution in [-0.4, -0.2) is 15.6 Å². The molecule has 0 spiro atoms. The third-order valence-corrected chi connectivity index (χ3v) is 3.37. The summed E-state index contributed by atoms with van der Waals surface area (Å²) in [4.78, 5) is 34.5. The lowest BCUT2D eigenvalue weighted by Crippen LogP contribution is -2.28. The van der Waals surface area contributed by atoms with E-state index in [9.17, 15) is 14.4 Å². The Morgan fingerprint density at radius 3 is 2.50 bits per heavy atom. The number of rotatable bonds is 5. The van der Waals surface area contributed by atoms with Crippen molar-refractivity contribution in [1.82, 2.24) is 9.78 Å². The van der Waals surface area contributed by atoms with Crippen LogP contribution in [0, 0.1) is 0 Å². The lowest BCUT2D eigenvalue weighted by atomic mass is 10.1. The van der Waals surface area contributed by atoms with Crippen molar-refractivity contribution in [3.05, 3.63) is 67.1 Å². The summed E-state index contributed by atoms with van der Waals surface area (Å²) in [6, 6.07) is 9.53. The molecule has 1 N–H and O–H groups in total. The Kier molecular flexibility index (Phi) is 4.68. The van der Waals surface area contributed by atoms with Crippen LogP contribution in [0.5, 0.6) is 0 Å². The number of H-pyrrole nitrogens is 1. The molecule has 0 aliphatic heterocycles. The van der Waals surface area contributed by atoms with Gasteiger partial charge in [0.05, 0.1) is 0 Å². The molecule has 0 aliphatic rings. The number of halogens is 1. The molecule has 0 aliphatic carbocycles. The number of aromatic nitrogens is 2. The van der Waals surface area contributed by atoms with Gasteiger partial charge in [-0.1, -0.05) is 28.1 Å². The Labute approximate surface area is 123 Å². The third-order valence-electron chi connectivity index (χ3n) is 2.84. The van der Waals surface area contributed by atoms with Crippen molar-refractivity contribution in [2.45, 2.75) is 19.4 Å². The first kappa shape index (κ1) is 14.5. The average molecular weight is 337 g/mol. The fraction of sp³-hybridized carbons (Fsp3) is 0.214. The molecule has 2 aromatic rings. The van der Waals surface area contributed by atoms with Crippen molar-refractivity contribution >= 4 is 21.7 Å². The highest BCUT2D eigenvalue weighted by Gasteiger charge is 2.06. The molecule has 2 rings (SSSR count). The number of Topliss-reactive ketones (excluding diaryl/α,β-unsaturated/α-hetero) is 1. The standard InChI is InChI=1S/C14H13BrN2O3/c15-11-5-3-10(4-6-11)12(18)2-1-9-17-14(20)8-7-13(19)16-17/h3-8H,1-2,9H2,(H,16,19). The maximum atomic E-state index is 11.9. The van der Waals surface area contributed by atoms with Crippen LogP contribution < -0.4 is 11.1 Å². The van der Waals surface area contributed by atoms with E-state index in [-0.39, 0.29) is 16.9 Å². The summed E-state index contributed by atoms with van der Waals surface area (Å²) in [5, 5.41) is 2.43. The SMILES string of the molecule is O=C(CCCn1[nH]c(=O)ccc1=O)c1ccc(Br)cc1. The van der Waals surface area contributed by atoms with Gasteiger partial charge in [0, 0.05) is 35.1 Å². The highest BCUT2D eigenvalue weighted by molar-refractivity contribution is 9.10. The number of aryl methyl sites for hydroxylation is 1. The normalized spacial score (nSPS) is 10.4. The van der Waals surface area contributed by atoms with Gasteiger partial charge in [0.2, 0.25) is 0 Å². The fourth-order valence-electron chi connectivity index (χ4n) is 1.81. The Morgan fingerprint density at radius 2 is 1.80 bits per heavy atom. The molecule has 5 nitrogen and oxygen atoms in total. The van der Waals surface area contributed by atoms with Crippen molar-refractivity contribution in [3.63, 3.8) is 0 Å². The van der Waals surface area contributed by atoms with Crippen molar-refractivity contribution in [1.29, 1.82) is 0 Å². The summed E-state index contributed by atoms with van der Waals surface area (Å²) in [5.41, 5.74) is 0.0339. The highest BCUT2D eigenvalue weighted by Crippen LogP contribution is 2.12. The third kappa shape index (κ3) is 3.77. The number of ketones is 1. The first-order valence-corrected chi connectivity index (χ1v) is 6.94. The lowest BCUT2D eigenvalue weighted by Gasteiger charge is -2.04. The van der Waals surface area contributed by atoms with Gasteiger partial charge in [0.1, 0.15) is 0 Å². The van der Waals surface area contributed by atoms with Gasteiger partial charge >= 0.3 is 0 Å². The maximum absolute atomic E-state index is 11.9. The maximum Gasteiger partial charge on any atom is 0.265 e. The zero-order chi connectivity index (χ0) is 14.5. The molecule has 1 aromatic heterocycles. The van der Waals surface area contributed by atoms with Crippen LogP contribution in [0.2, 0.25) is 0 Å². The van der Waals surface area contributed by atoms with E-state index in [1.54, 1.807) is 12.1 Å². The highest BCUT2D eigenvalue weighted by atomic mass is 79.9. The molecule has 1 aromatic carbocycles. The van der Waals surface area contributed by atoms with Gasteiger partial charge < -0.3 is 0 Å². The zero-order valence-corrected chi connectivity index (χ0v) is 12.2. The monoisotopic (exact) mass is 336 g/mol. The summed E-state index contributed by atoms with van der Waals surface area (Å²) < 4.78 is 2.14. The Morgan fingerprint density at radius 1 is 1.10 bits per heavy atom. The van der Waals surface area contributed by atoms with Crippen LogP contribution in [0.4, 0.5) is 0 Å².